The van der Waals surface area contributed by atoms with Gasteiger partial charge in [-0.25, -0.2) is 4.98 Å². The Kier molecular flexibility index (Phi) is 5.25. The third-order valence-corrected chi connectivity index (χ3v) is 5.22. The van der Waals surface area contributed by atoms with Gasteiger partial charge in [-0.1, -0.05) is 30.3 Å². The van der Waals surface area contributed by atoms with Crippen molar-refractivity contribution in [3.63, 3.8) is 0 Å². The van der Waals surface area contributed by atoms with Crippen LogP contribution in [-0.4, -0.2) is 23.3 Å². The number of hydrogen-bond acceptors (Lipinski definition) is 4. The number of amides is 2. The third kappa shape index (κ3) is 4.20. The zero-order chi connectivity index (χ0) is 16.9. The lowest BCUT2D eigenvalue weighted by molar-refractivity contribution is -0.119. The van der Waals surface area contributed by atoms with Crippen LogP contribution in [0.5, 0.6) is 0 Å². The Morgan fingerprint density at radius 1 is 1.29 bits per heavy atom. The molecule has 0 radical (unpaired) electrons. The molecule has 1 aromatic carbocycles. The maximum Gasteiger partial charge on any atom is 0.227 e. The van der Waals surface area contributed by atoms with Crippen LogP contribution in [0.2, 0.25) is 0 Å². The lowest BCUT2D eigenvalue weighted by atomic mass is 9.85. The number of nitrogens with zero attached hydrogens (tertiary/aromatic N) is 1. The minimum atomic E-state index is -0.125. The van der Waals surface area contributed by atoms with Crippen LogP contribution in [0.1, 0.15) is 41.8 Å². The molecule has 0 aliphatic heterocycles. The summed E-state index contributed by atoms with van der Waals surface area (Å²) >= 11 is 1.57. The van der Waals surface area contributed by atoms with Crippen molar-refractivity contribution in [2.45, 2.75) is 38.5 Å². The largest absolute Gasteiger partial charge is 0.356 e. The average molecular weight is 343 g/mol. The second-order valence-electron chi connectivity index (χ2n) is 6.02. The minimum Gasteiger partial charge on any atom is -0.356 e. The zero-order valence-electron chi connectivity index (χ0n) is 13.7. The van der Waals surface area contributed by atoms with Crippen molar-refractivity contribution in [1.82, 2.24) is 10.3 Å². The molecule has 1 heterocycles. The summed E-state index contributed by atoms with van der Waals surface area (Å²) in [6.07, 6.45) is 3.29. The van der Waals surface area contributed by atoms with Crippen LogP contribution in [-0.2, 0) is 22.4 Å². The van der Waals surface area contributed by atoms with Gasteiger partial charge in [0.1, 0.15) is 0 Å². The van der Waals surface area contributed by atoms with Crippen molar-refractivity contribution in [1.29, 1.82) is 0 Å². The highest BCUT2D eigenvalue weighted by atomic mass is 32.1. The molecule has 0 saturated carbocycles. The highest BCUT2D eigenvalue weighted by Gasteiger charge is 2.24. The van der Waals surface area contributed by atoms with E-state index in [-0.39, 0.29) is 18.2 Å². The Labute approximate surface area is 145 Å². The zero-order valence-corrected chi connectivity index (χ0v) is 14.5. The molecule has 0 spiro atoms. The molecule has 1 aliphatic rings. The van der Waals surface area contributed by atoms with E-state index in [2.05, 4.69) is 39.9 Å². The molecule has 2 aromatic rings. The first-order valence-corrected chi connectivity index (χ1v) is 9.01. The molecule has 0 saturated heterocycles. The Morgan fingerprint density at radius 3 is 2.83 bits per heavy atom. The smallest absolute Gasteiger partial charge is 0.227 e. The first-order valence-electron chi connectivity index (χ1n) is 8.19. The number of aryl methyl sites for hydroxylation is 1. The topological polar surface area (TPSA) is 71.1 Å². The predicted molar refractivity (Wildman–Crippen MR) is 95.3 cm³/mol. The summed E-state index contributed by atoms with van der Waals surface area (Å²) in [4.78, 5) is 28.5. The lowest BCUT2D eigenvalue weighted by Crippen LogP contribution is -2.25. The van der Waals surface area contributed by atoms with Crippen LogP contribution in [0, 0.1) is 0 Å². The molecule has 1 aliphatic carbocycles. The number of fused-ring (bicyclic) bond motifs is 1. The van der Waals surface area contributed by atoms with E-state index in [9.17, 15) is 9.59 Å². The summed E-state index contributed by atoms with van der Waals surface area (Å²) < 4.78 is 0. The molecule has 6 heteroatoms. The Hall–Kier alpha value is -2.21. The van der Waals surface area contributed by atoms with Gasteiger partial charge in [-0.05, 0) is 30.7 Å². The van der Waals surface area contributed by atoms with Gasteiger partial charge in [0.2, 0.25) is 11.8 Å². The van der Waals surface area contributed by atoms with Crippen LogP contribution >= 0.6 is 11.3 Å². The molecular weight excluding hydrogens is 322 g/mol. The fraction of sp³-hybridized carbons (Fsp3) is 0.389. The molecule has 1 atom stereocenters. The number of rotatable bonds is 5. The second kappa shape index (κ2) is 7.57. The number of benzene rings is 1. The van der Waals surface area contributed by atoms with Gasteiger partial charge in [0.25, 0.3) is 0 Å². The van der Waals surface area contributed by atoms with Gasteiger partial charge < -0.3 is 10.6 Å². The van der Waals surface area contributed by atoms with E-state index < -0.39 is 0 Å². The van der Waals surface area contributed by atoms with Crippen molar-refractivity contribution in [3.8, 4) is 0 Å². The first kappa shape index (κ1) is 16.6. The third-order valence-electron chi connectivity index (χ3n) is 4.18. The van der Waals surface area contributed by atoms with Crippen LogP contribution in [0.3, 0.4) is 0 Å². The summed E-state index contributed by atoms with van der Waals surface area (Å²) in [5.41, 5.74) is 2.49. The van der Waals surface area contributed by atoms with Crippen LogP contribution in [0.15, 0.2) is 30.3 Å². The number of carbonyl (C=O) groups is 2. The Balaban J connectivity index is 1.59. The van der Waals surface area contributed by atoms with E-state index >= 15 is 0 Å². The summed E-state index contributed by atoms with van der Waals surface area (Å²) in [7, 11) is 0. The SMILES string of the molecule is CC(=O)NCCC(=O)Nc1nc2c(s1)C[C@@H](c1ccccc1)CC2. The molecule has 2 amide bonds. The molecule has 24 heavy (non-hydrogen) atoms. The summed E-state index contributed by atoms with van der Waals surface area (Å²) in [5, 5.41) is 6.13. The van der Waals surface area contributed by atoms with Crippen molar-refractivity contribution in [2.24, 2.45) is 0 Å². The normalized spacial score (nSPS) is 16.3. The lowest BCUT2D eigenvalue weighted by Gasteiger charge is -2.21. The summed E-state index contributed by atoms with van der Waals surface area (Å²) in [5.74, 6) is 0.288. The fourth-order valence-corrected chi connectivity index (χ4v) is 4.08. The molecule has 126 valence electrons. The van der Waals surface area contributed by atoms with Gasteiger partial charge >= 0.3 is 0 Å². The van der Waals surface area contributed by atoms with E-state index in [4.69, 9.17) is 0 Å². The second-order valence-corrected chi connectivity index (χ2v) is 7.10. The molecule has 0 unspecified atom stereocenters. The van der Waals surface area contributed by atoms with Gasteiger partial charge in [-0.2, -0.15) is 0 Å². The predicted octanol–water partition coefficient (Wildman–Crippen LogP) is 2.88. The van der Waals surface area contributed by atoms with E-state index in [0.717, 1.165) is 25.0 Å². The quantitative estimate of drug-likeness (QED) is 0.877. The van der Waals surface area contributed by atoms with Gasteiger partial charge in [0, 0.05) is 24.8 Å². The van der Waals surface area contributed by atoms with Crippen molar-refractivity contribution in [3.05, 3.63) is 46.5 Å². The maximum absolute atomic E-state index is 11.9. The highest BCUT2D eigenvalue weighted by Crippen LogP contribution is 2.36. The highest BCUT2D eigenvalue weighted by molar-refractivity contribution is 7.15. The van der Waals surface area contributed by atoms with E-state index in [1.54, 1.807) is 11.3 Å². The standard InChI is InChI=1S/C18H21N3O2S/c1-12(22)19-10-9-17(23)21-18-20-15-8-7-14(11-16(15)24-18)13-5-3-2-4-6-13/h2-6,14H,7-11H2,1H3,(H,19,22)(H,20,21,23)/t14-/m0/s1. The number of nitrogens with one attached hydrogen (secondary N) is 2. The van der Waals surface area contributed by atoms with E-state index in [0.29, 0.717) is 17.6 Å². The summed E-state index contributed by atoms with van der Waals surface area (Å²) in [6.45, 7) is 1.79. The molecule has 2 N–H and O–H groups in total. The van der Waals surface area contributed by atoms with Crippen LogP contribution in [0.4, 0.5) is 5.13 Å². The van der Waals surface area contributed by atoms with Gasteiger partial charge in [-0.3, -0.25) is 9.59 Å². The molecule has 1 aromatic heterocycles. The average Bonchev–Trinajstić information content (AvgIpc) is 2.96. The molecule has 3 rings (SSSR count). The van der Waals surface area contributed by atoms with Crippen molar-refractivity contribution in [2.75, 3.05) is 11.9 Å². The van der Waals surface area contributed by atoms with Crippen molar-refractivity contribution < 1.29 is 9.59 Å². The number of anilines is 1. The van der Waals surface area contributed by atoms with Crippen molar-refractivity contribution >= 4 is 28.3 Å². The number of aromatic nitrogens is 1. The number of hydrogen-bond donors (Lipinski definition) is 2. The van der Waals surface area contributed by atoms with Gasteiger partial charge in [0.05, 0.1) is 5.69 Å². The van der Waals surface area contributed by atoms with Gasteiger partial charge in [-0.15, -0.1) is 11.3 Å². The fourth-order valence-electron chi connectivity index (χ4n) is 2.97. The van der Waals surface area contributed by atoms with E-state index in [1.165, 1.54) is 17.4 Å². The summed E-state index contributed by atoms with van der Waals surface area (Å²) in [6, 6.07) is 10.6. The number of thiazole rings is 1. The van der Waals surface area contributed by atoms with E-state index in [1.807, 2.05) is 6.07 Å². The molecular formula is C18H21N3O2S. The monoisotopic (exact) mass is 343 g/mol. The first-order chi connectivity index (χ1) is 11.6. The number of carbonyl (C=O) groups excluding carboxylic acids is 2. The molecule has 0 bridgehead atoms. The molecule has 5 nitrogen and oxygen atoms in total. The molecule has 0 fully saturated rings. The van der Waals surface area contributed by atoms with Gasteiger partial charge in [0.15, 0.2) is 5.13 Å². The van der Waals surface area contributed by atoms with Crippen LogP contribution in [0.25, 0.3) is 0 Å². The Morgan fingerprint density at radius 2 is 2.08 bits per heavy atom. The maximum atomic E-state index is 11.9. The van der Waals surface area contributed by atoms with Crippen LogP contribution < -0.4 is 10.6 Å². The minimum absolute atomic E-state index is 0.116. The Bertz CT molecular complexity index is 727.